The molecule has 4 rings (SSSR count). The Labute approximate surface area is 135 Å². The van der Waals surface area contributed by atoms with Crippen LogP contribution in [0.2, 0.25) is 0 Å². The van der Waals surface area contributed by atoms with Crippen molar-refractivity contribution in [2.24, 2.45) is 0 Å². The van der Waals surface area contributed by atoms with Crippen LogP contribution in [0.3, 0.4) is 0 Å². The lowest BCUT2D eigenvalue weighted by Gasteiger charge is -2.22. The number of amides is 1. The van der Waals surface area contributed by atoms with Gasteiger partial charge < -0.3 is 9.42 Å². The Morgan fingerprint density at radius 1 is 1.18 bits per heavy atom. The van der Waals surface area contributed by atoms with Gasteiger partial charge >= 0.3 is 0 Å². The fourth-order valence-electron chi connectivity index (χ4n) is 3.54. The summed E-state index contributed by atoms with van der Waals surface area (Å²) in [5.41, 5.74) is 0. The van der Waals surface area contributed by atoms with Gasteiger partial charge in [0.25, 0.3) is 0 Å². The highest BCUT2D eigenvalue weighted by Gasteiger charge is 2.36. The maximum atomic E-state index is 12.6. The van der Waals surface area contributed by atoms with Gasteiger partial charge in [-0.1, -0.05) is 18.0 Å². The molecular weight excluding hydrogens is 298 g/mol. The topological polar surface area (TPSA) is 59.2 Å². The molecule has 5 nitrogen and oxygen atoms in total. The Bertz CT molecular complexity index is 537. The van der Waals surface area contributed by atoms with Crippen LogP contribution in [0.4, 0.5) is 0 Å². The van der Waals surface area contributed by atoms with E-state index in [-0.39, 0.29) is 11.9 Å². The third-order valence-corrected chi connectivity index (χ3v) is 6.36. The summed E-state index contributed by atoms with van der Waals surface area (Å²) < 4.78 is 5.45. The molecule has 120 valence electrons. The lowest BCUT2D eigenvalue weighted by atomic mass is 10.2. The summed E-state index contributed by atoms with van der Waals surface area (Å²) in [5, 5.41) is 4.79. The Morgan fingerprint density at radius 2 is 2.00 bits per heavy atom. The van der Waals surface area contributed by atoms with Gasteiger partial charge in [-0.2, -0.15) is 4.98 Å². The van der Waals surface area contributed by atoms with E-state index in [4.69, 9.17) is 4.52 Å². The second-order valence-corrected chi connectivity index (χ2v) is 8.02. The highest BCUT2D eigenvalue weighted by Crippen LogP contribution is 2.40. The zero-order chi connectivity index (χ0) is 14.9. The Morgan fingerprint density at radius 3 is 2.77 bits per heavy atom. The first-order valence-electron chi connectivity index (χ1n) is 8.56. The summed E-state index contributed by atoms with van der Waals surface area (Å²) in [6.45, 7) is 0.829. The van der Waals surface area contributed by atoms with Crippen LogP contribution in [-0.2, 0) is 4.79 Å². The first kappa shape index (κ1) is 14.5. The average molecular weight is 321 g/mol. The monoisotopic (exact) mass is 321 g/mol. The molecule has 0 spiro atoms. The first-order chi connectivity index (χ1) is 10.8. The quantitative estimate of drug-likeness (QED) is 0.833. The Kier molecular flexibility index (Phi) is 4.11. The number of hydrogen-bond acceptors (Lipinski definition) is 5. The van der Waals surface area contributed by atoms with Gasteiger partial charge in [0.05, 0.1) is 5.75 Å². The van der Waals surface area contributed by atoms with Gasteiger partial charge in [0.15, 0.2) is 5.82 Å². The molecule has 2 aliphatic carbocycles. The van der Waals surface area contributed by atoms with Gasteiger partial charge in [0, 0.05) is 17.7 Å². The molecule has 1 unspecified atom stereocenters. The molecule has 1 aliphatic heterocycles. The molecule has 1 atom stereocenters. The number of thioether (sulfide) groups is 1. The van der Waals surface area contributed by atoms with Gasteiger partial charge in [0.2, 0.25) is 11.8 Å². The molecule has 0 N–H and O–H groups in total. The van der Waals surface area contributed by atoms with E-state index in [1.807, 2.05) is 16.7 Å². The molecule has 2 saturated carbocycles. The van der Waals surface area contributed by atoms with Gasteiger partial charge in [-0.25, -0.2) is 0 Å². The lowest BCUT2D eigenvalue weighted by Crippen LogP contribution is -2.32. The van der Waals surface area contributed by atoms with E-state index in [2.05, 4.69) is 10.1 Å². The number of hydrogen-bond donors (Lipinski definition) is 0. The summed E-state index contributed by atoms with van der Waals surface area (Å²) in [4.78, 5) is 19.1. The molecule has 1 aromatic heterocycles. The third-order valence-electron chi connectivity index (χ3n) is 5.00. The number of rotatable bonds is 5. The zero-order valence-corrected chi connectivity index (χ0v) is 13.7. The lowest BCUT2D eigenvalue weighted by molar-refractivity contribution is -0.129. The van der Waals surface area contributed by atoms with Crippen LogP contribution >= 0.6 is 11.8 Å². The number of aromatic nitrogens is 2. The van der Waals surface area contributed by atoms with Crippen LogP contribution in [0.15, 0.2) is 4.52 Å². The van der Waals surface area contributed by atoms with Gasteiger partial charge in [-0.15, -0.1) is 11.8 Å². The molecule has 0 aromatic carbocycles. The summed E-state index contributed by atoms with van der Waals surface area (Å²) >= 11 is 1.84. The smallest absolute Gasteiger partial charge is 0.249 e. The Hall–Kier alpha value is -1.04. The maximum absolute atomic E-state index is 12.6. The average Bonchev–Trinajstić information content (AvgIpc) is 3.02. The van der Waals surface area contributed by atoms with Crippen molar-refractivity contribution in [1.29, 1.82) is 0 Å². The summed E-state index contributed by atoms with van der Waals surface area (Å²) in [6, 6.07) is 0.0108. The van der Waals surface area contributed by atoms with Crippen molar-refractivity contribution < 1.29 is 9.32 Å². The second-order valence-electron chi connectivity index (χ2n) is 6.73. The number of nitrogens with zero attached hydrogens (tertiary/aromatic N) is 3. The predicted octanol–water partition coefficient (Wildman–Crippen LogP) is 3.29. The zero-order valence-electron chi connectivity index (χ0n) is 12.9. The van der Waals surface area contributed by atoms with E-state index in [0.29, 0.717) is 22.8 Å². The molecule has 2 heterocycles. The van der Waals surface area contributed by atoms with E-state index in [1.165, 1.54) is 38.5 Å². The van der Waals surface area contributed by atoms with E-state index in [1.54, 1.807) is 0 Å². The molecular formula is C16H23N3O2S. The van der Waals surface area contributed by atoms with Crippen molar-refractivity contribution in [2.45, 2.75) is 68.6 Å². The molecule has 1 saturated heterocycles. The maximum Gasteiger partial charge on any atom is 0.249 e. The fourth-order valence-corrected chi connectivity index (χ4v) is 4.75. The molecule has 1 aromatic rings. The summed E-state index contributed by atoms with van der Waals surface area (Å²) in [6.07, 6.45) is 9.52. The van der Waals surface area contributed by atoms with Gasteiger partial charge in [-0.05, 0) is 38.5 Å². The second kappa shape index (κ2) is 6.22. The minimum Gasteiger partial charge on any atom is -0.337 e. The van der Waals surface area contributed by atoms with E-state index in [0.717, 1.165) is 25.2 Å². The van der Waals surface area contributed by atoms with Crippen molar-refractivity contribution in [2.75, 3.05) is 12.3 Å². The number of carbonyl (C=O) groups excluding carboxylic acids is 1. The van der Waals surface area contributed by atoms with Crippen LogP contribution in [0.5, 0.6) is 0 Å². The molecule has 0 radical (unpaired) electrons. The largest absolute Gasteiger partial charge is 0.337 e. The molecule has 3 aliphatic rings. The standard InChI is InChI=1S/C16H23N3O2S/c20-14(10-22-12-4-1-2-5-12)19-9-3-6-13(19)16-17-15(18-21-16)11-7-8-11/h11-13H,1-10H2. The van der Waals surface area contributed by atoms with Crippen molar-refractivity contribution in [3.8, 4) is 0 Å². The van der Waals surface area contributed by atoms with Crippen LogP contribution in [0, 0.1) is 0 Å². The first-order valence-corrected chi connectivity index (χ1v) is 9.60. The summed E-state index contributed by atoms with van der Waals surface area (Å²) in [7, 11) is 0. The van der Waals surface area contributed by atoms with E-state index < -0.39 is 0 Å². The van der Waals surface area contributed by atoms with Crippen molar-refractivity contribution >= 4 is 17.7 Å². The Balaban J connectivity index is 1.37. The van der Waals surface area contributed by atoms with Crippen molar-refractivity contribution in [1.82, 2.24) is 15.0 Å². The molecule has 6 heteroatoms. The van der Waals surface area contributed by atoms with Gasteiger partial charge in [0.1, 0.15) is 6.04 Å². The van der Waals surface area contributed by atoms with Crippen molar-refractivity contribution in [3.63, 3.8) is 0 Å². The molecule has 3 fully saturated rings. The molecule has 1 amide bonds. The highest BCUT2D eigenvalue weighted by atomic mass is 32.2. The predicted molar refractivity (Wildman–Crippen MR) is 84.7 cm³/mol. The fraction of sp³-hybridized carbons (Fsp3) is 0.812. The van der Waals surface area contributed by atoms with E-state index in [9.17, 15) is 4.79 Å². The molecule has 0 bridgehead atoms. The van der Waals surface area contributed by atoms with Crippen LogP contribution in [0.25, 0.3) is 0 Å². The highest BCUT2D eigenvalue weighted by molar-refractivity contribution is 8.00. The van der Waals surface area contributed by atoms with Crippen LogP contribution in [0.1, 0.15) is 75.0 Å². The minimum atomic E-state index is 0.0108. The van der Waals surface area contributed by atoms with Crippen LogP contribution in [-0.4, -0.2) is 38.5 Å². The third kappa shape index (κ3) is 3.03. The molecule has 22 heavy (non-hydrogen) atoms. The summed E-state index contributed by atoms with van der Waals surface area (Å²) in [5.74, 6) is 2.84. The normalized spacial score (nSPS) is 26.0. The van der Waals surface area contributed by atoms with Crippen molar-refractivity contribution in [3.05, 3.63) is 11.7 Å². The number of likely N-dealkylation sites (tertiary alicyclic amines) is 1. The van der Waals surface area contributed by atoms with Crippen LogP contribution < -0.4 is 0 Å². The van der Waals surface area contributed by atoms with E-state index >= 15 is 0 Å². The minimum absolute atomic E-state index is 0.0108. The SMILES string of the molecule is O=C(CSC1CCCC1)N1CCCC1c1nc(C2CC2)no1. The van der Waals surface area contributed by atoms with Gasteiger partial charge in [-0.3, -0.25) is 4.79 Å². The number of carbonyl (C=O) groups is 1.